The molecular weight excluding hydrogens is 320 g/mol. The third kappa shape index (κ3) is 4.35. The first-order valence-electron chi connectivity index (χ1n) is 8.79. The second kappa shape index (κ2) is 7.09. The van der Waals surface area contributed by atoms with Gasteiger partial charge < -0.3 is 0 Å². The molecule has 0 aliphatic heterocycles. The van der Waals surface area contributed by atoms with E-state index in [4.69, 9.17) is 0 Å². The van der Waals surface area contributed by atoms with Crippen molar-refractivity contribution in [1.82, 2.24) is 0 Å². The zero-order chi connectivity index (χ0) is 18.0. The quantitative estimate of drug-likeness (QED) is 0.475. The van der Waals surface area contributed by atoms with E-state index < -0.39 is 0 Å². The van der Waals surface area contributed by atoms with E-state index in [-0.39, 0.29) is 5.41 Å². The summed E-state index contributed by atoms with van der Waals surface area (Å²) in [4.78, 5) is 2.58. The molecule has 3 aromatic rings. The summed E-state index contributed by atoms with van der Waals surface area (Å²) in [6, 6.07) is 24.3. The Balaban J connectivity index is 1.82. The van der Waals surface area contributed by atoms with Crippen molar-refractivity contribution in [2.24, 2.45) is 0 Å². The third-order valence-electron chi connectivity index (χ3n) is 4.46. The van der Waals surface area contributed by atoms with Crippen LogP contribution in [0.1, 0.15) is 37.5 Å². The molecule has 0 heterocycles. The summed E-state index contributed by atoms with van der Waals surface area (Å²) in [5.74, 6) is 0. The highest BCUT2D eigenvalue weighted by molar-refractivity contribution is 7.99. The van der Waals surface area contributed by atoms with Gasteiger partial charge in [0.1, 0.15) is 0 Å². The molecule has 0 unspecified atom stereocenters. The lowest BCUT2D eigenvalue weighted by Gasteiger charge is -2.22. The van der Waals surface area contributed by atoms with E-state index in [9.17, 15) is 0 Å². The highest BCUT2D eigenvalue weighted by Gasteiger charge is 2.16. The summed E-state index contributed by atoms with van der Waals surface area (Å²) >= 11 is 1.83. The van der Waals surface area contributed by atoms with E-state index >= 15 is 0 Å². The van der Waals surface area contributed by atoms with Crippen molar-refractivity contribution in [2.75, 3.05) is 0 Å². The van der Waals surface area contributed by atoms with Gasteiger partial charge in [-0.2, -0.15) is 0 Å². The number of hydrogen-bond acceptors (Lipinski definition) is 1. The van der Waals surface area contributed by atoms with E-state index in [1.807, 2.05) is 11.8 Å². The van der Waals surface area contributed by atoms with Crippen LogP contribution in [0.5, 0.6) is 0 Å². The summed E-state index contributed by atoms with van der Waals surface area (Å²) < 4.78 is 0. The minimum atomic E-state index is 0.176. The fourth-order valence-corrected chi connectivity index (χ4v) is 4.01. The summed E-state index contributed by atoms with van der Waals surface area (Å²) in [7, 11) is 0. The second-order valence-electron chi connectivity index (χ2n) is 7.72. The molecule has 1 heteroatoms. The van der Waals surface area contributed by atoms with Gasteiger partial charge in [-0.1, -0.05) is 80.6 Å². The molecular formula is C24H26S. The van der Waals surface area contributed by atoms with Gasteiger partial charge >= 0.3 is 0 Å². The van der Waals surface area contributed by atoms with E-state index in [2.05, 4.69) is 101 Å². The van der Waals surface area contributed by atoms with Crippen molar-refractivity contribution in [3.05, 3.63) is 83.4 Å². The SMILES string of the molecule is Cc1cccc(-c2ccc(Sc3ccc(C)c(C(C)(C)C)c3)cc2)c1. The predicted octanol–water partition coefficient (Wildman–Crippen LogP) is 7.42. The van der Waals surface area contributed by atoms with Crippen LogP contribution in [0.15, 0.2) is 76.5 Å². The molecule has 0 N–H and O–H groups in total. The van der Waals surface area contributed by atoms with Gasteiger partial charge in [-0.15, -0.1) is 0 Å². The maximum atomic E-state index is 2.34. The minimum Gasteiger partial charge on any atom is -0.0901 e. The molecule has 0 aliphatic rings. The first kappa shape index (κ1) is 17.8. The molecule has 0 aliphatic carbocycles. The lowest BCUT2D eigenvalue weighted by Crippen LogP contribution is -2.12. The monoisotopic (exact) mass is 346 g/mol. The Hall–Kier alpha value is -1.99. The zero-order valence-electron chi connectivity index (χ0n) is 15.8. The Labute approximate surface area is 156 Å². The van der Waals surface area contributed by atoms with Crippen molar-refractivity contribution in [1.29, 1.82) is 0 Å². The highest BCUT2D eigenvalue weighted by atomic mass is 32.2. The number of rotatable bonds is 3. The van der Waals surface area contributed by atoms with Crippen molar-refractivity contribution >= 4 is 11.8 Å². The predicted molar refractivity (Wildman–Crippen MR) is 111 cm³/mol. The molecule has 0 spiro atoms. The first-order chi connectivity index (χ1) is 11.8. The summed E-state index contributed by atoms with van der Waals surface area (Å²) in [5.41, 5.74) is 6.82. The van der Waals surface area contributed by atoms with Crippen molar-refractivity contribution < 1.29 is 0 Å². The summed E-state index contributed by atoms with van der Waals surface area (Å²) in [5, 5.41) is 0. The Morgan fingerprint density at radius 3 is 2.00 bits per heavy atom. The number of benzene rings is 3. The fourth-order valence-electron chi connectivity index (χ4n) is 3.15. The topological polar surface area (TPSA) is 0 Å². The van der Waals surface area contributed by atoms with Crippen molar-refractivity contribution in [3.8, 4) is 11.1 Å². The fraction of sp³-hybridized carbons (Fsp3) is 0.250. The molecule has 128 valence electrons. The van der Waals surface area contributed by atoms with Crippen LogP contribution < -0.4 is 0 Å². The molecule has 25 heavy (non-hydrogen) atoms. The lowest BCUT2D eigenvalue weighted by atomic mass is 9.84. The van der Waals surface area contributed by atoms with Crippen LogP contribution in [0.2, 0.25) is 0 Å². The van der Waals surface area contributed by atoms with Crippen molar-refractivity contribution in [2.45, 2.75) is 49.8 Å². The number of aryl methyl sites for hydroxylation is 2. The van der Waals surface area contributed by atoms with Crippen LogP contribution in [0.25, 0.3) is 11.1 Å². The maximum Gasteiger partial charge on any atom is 0.0125 e. The normalized spacial score (nSPS) is 11.6. The van der Waals surface area contributed by atoms with Gasteiger partial charge in [0.2, 0.25) is 0 Å². The minimum absolute atomic E-state index is 0.176. The first-order valence-corrected chi connectivity index (χ1v) is 9.61. The Kier molecular flexibility index (Phi) is 5.06. The molecule has 0 radical (unpaired) electrons. The maximum absolute atomic E-state index is 2.34. The van der Waals surface area contributed by atoms with Crippen LogP contribution in [0, 0.1) is 13.8 Å². The zero-order valence-corrected chi connectivity index (χ0v) is 16.6. The van der Waals surface area contributed by atoms with Gasteiger partial charge in [0.15, 0.2) is 0 Å². The highest BCUT2D eigenvalue weighted by Crippen LogP contribution is 2.34. The molecule has 0 amide bonds. The van der Waals surface area contributed by atoms with Gasteiger partial charge in [0, 0.05) is 9.79 Å². The van der Waals surface area contributed by atoms with Crippen LogP contribution in [-0.2, 0) is 5.41 Å². The van der Waals surface area contributed by atoms with E-state index in [1.54, 1.807) is 0 Å². The Morgan fingerprint density at radius 1 is 0.680 bits per heavy atom. The largest absolute Gasteiger partial charge is 0.0901 e. The molecule has 0 atom stereocenters. The molecule has 3 aromatic carbocycles. The van der Waals surface area contributed by atoms with Crippen molar-refractivity contribution in [3.63, 3.8) is 0 Å². The average Bonchev–Trinajstić information content (AvgIpc) is 2.56. The summed E-state index contributed by atoms with van der Waals surface area (Å²) in [6.45, 7) is 11.2. The van der Waals surface area contributed by atoms with Crippen LogP contribution in [0.3, 0.4) is 0 Å². The second-order valence-corrected chi connectivity index (χ2v) is 8.87. The van der Waals surface area contributed by atoms with Crippen LogP contribution in [0.4, 0.5) is 0 Å². The standard InChI is InChI=1S/C24H26S/c1-17-7-6-8-20(15-17)19-10-13-21(14-11-19)25-22-12-9-18(2)23(16-22)24(3,4)5/h6-16H,1-5H3. The van der Waals surface area contributed by atoms with E-state index in [0.29, 0.717) is 0 Å². The molecule has 0 nitrogen and oxygen atoms in total. The van der Waals surface area contributed by atoms with Crippen LogP contribution in [-0.4, -0.2) is 0 Å². The molecule has 0 saturated heterocycles. The Morgan fingerprint density at radius 2 is 1.36 bits per heavy atom. The smallest absolute Gasteiger partial charge is 0.0125 e. The van der Waals surface area contributed by atoms with Gasteiger partial charge in [-0.3, -0.25) is 0 Å². The van der Waals surface area contributed by atoms with Gasteiger partial charge in [-0.05, 0) is 65.8 Å². The van der Waals surface area contributed by atoms with Gasteiger partial charge in [0.25, 0.3) is 0 Å². The molecule has 0 fully saturated rings. The molecule has 3 rings (SSSR count). The molecule has 0 saturated carbocycles. The van der Waals surface area contributed by atoms with Gasteiger partial charge in [0.05, 0.1) is 0 Å². The average molecular weight is 347 g/mol. The van der Waals surface area contributed by atoms with Gasteiger partial charge in [-0.25, -0.2) is 0 Å². The molecule has 0 bridgehead atoms. The van der Waals surface area contributed by atoms with Crippen LogP contribution >= 0.6 is 11.8 Å². The van der Waals surface area contributed by atoms with E-state index in [0.717, 1.165) is 0 Å². The van der Waals surface area contributed by atoms with E-state index in [1.165, 1.54) is 37.6 Å². The summed E-state index contributed by atoms with van der Waals surface area (Å²) in [6.07, 6.45) is 0. The molecule has 0 aromatic heterocycles. The number of hydrogen-bond donors (Lipinski definition) is 0. The lowest BCUT2D eigenvalue weighted by molar-refractivity contribution is 0.584. The third-order valence-corrected chi connectivity index (χ3v) is 5.46. The Bertz CT molecular complexity index is 867.